The number of nitrogens with one attached hydrogen (secondary N) is 3. The van der Waals surface area contributed by atoms with E-state index in [2.05, 4.69) is 16.3 Å². The van der Waals surface area contributed by atoms with Crippen LogP contribution < -0.4 is 22.0 Å². The molecule has 1 aromatic heterocycles. The first-order valence-electron chi connectivity index (χ1n) is 8.40. The molecule has 5 N–H and O–H groups in total. The van der Waals surface area contributed by atoms with Crippen molar-refractivity contribution in [3.8, 4) is 0 Å². The molecule has 6 nitrogen and oxygen atoms in total. The molecule has 1 aliphatic rings. The molecule has 0 fully saturated rings. The molecule has 2 aromatic rings. The van der Waals surface area contributed by atoms with Crippen molar-refractivity contribution in [3.63, 3.8) is 0 Å². The van der Waals surface area contributed by atoms with Crippen LogP contribution in [0.3, 0.4) is 0 Å². The highest BCUT2D eigenvalue weighted by Gasteiger charge is 2.24. The number of nitrogens with two attached hydrogens (primary N) is 1. The second kappa shape index (κ2) is 8.26. The number of allylic oxidation sites excluding steroid dienone is 1. The van der Waals surface area contributed by atoms with Crippen molar-refractivity contribution in [1.82, 2.24) is 21.3 Å². The Hall–Kier alpha value is -2.13. The van der Waals surface area contributed by atoms with E-state index >= 15 is 0 Å². The summed E-state index contributed by atoms with van der Waals surface area (Å²) >= 11 is 7.58. The van der Waals surface area contributed by atoms with Crippen LogP contribution >= 0.6 is 22.9 Å². The molecule has 3 rings (SSSR count). The molecular weight excluding hydrogens is 389 g/mol. The van der Waals surface area contributed by atoms with Gasteiger partial charge >= 0.3 is 0 Å². The van der Waals surface area contributed by atoms with Crippen LogP contribution in [0.25, 0.3) is 5.70 Å². The lowest BCUT2D eigenvalue weighted by Crippen LogP contribution is -2.41. The van der Waals surface area contributed by atoms with Gasteiger partial charge in [0, 0.05) is 25.2 Å². The molecule has 0 unspecified atom stereocenters. The highest BCUT2D eigenvalue weighted by molar-refractivity contribution is 7.18. The Kier molecular flexibility index (Phi) is 6.01. The first-order chi connectivity index (χ1) is 12.9. The number of hydrogen-bond acceptors (Lipinski definition) is 6. The lowest BCUT2D eigenvalue weighted by Gasteiger charge is -2.16. The number of amides is 1. The Morgan fingerprint density at radius 3 is 2.85 bits per heavy atom. The second-order valence-electron chi connectivity index (χ2n) is 6.31. The third-order valence-corrected chi connectivity index (χ3v) is 5.62. The van der Waals surface area contributed by atoms with Gasteiger partial charge in [-0.15, -0.1) is 16.9 Å². The van der Waals surface area contributed by atoms with Crippen LogP contribution in [0.1, 0.15) is 27.7 Å². The highest BCUT2D eigenvalue weighted by Crippen LogP contribution is 2.35. The average Bonchev–Trinajstić information content (AvgIpc) is 3.16. The van der Waals surface area contributed by atoms with Crippen molar-refractivity contribution in [2.45, 2.75) is 19.4 Å². The summed E-state index contributed by atoms with van der Waals surface area (Å²) in [6, 6.07) is 7.74. The molecule has 1 atom stereocenters. The van der Waals surface area contributed by atoms with Crippen molar-refractivity contribution in [2.24, 2.45) is 5.73 Å². The number of benzene rings is 1. The van der Waals surface area contributed by atoms with Gasteiger partial charge in [0.1, 0.15) is 10.2 Å². The number of thiophene rings is 1. The minimum absolute atomic E-state index is 0.245. The fourth-order valence-corrected chi connectivity index (χ4v) is 4.14. The van der Waals surface area contributed by atoms with E-state index in [4.69, 9.17) is 17.3 Å². The van der Waals surface area contributed by atoms with Gasteiger partial charge in [-0.2, -0.15) is 0 Å². The number of hydrogen-bond donors (Lipinski definition) is 4. The van der Waals surface area contributed by atoms with Crippen LogP contribution in [0.4, 0.5) is 4.39 Å². The van der Waals surface area contributed by atoms with E-state index in [1.54, 1.807) is 17.1 Å². The number of rotatable bonds is 6. The average molecular weight is 410 g/mol. The summed E-state index contributed by atoms with van der Waals surface area (Å²) < 4.78 is 13.9. The smallest absolute Gasteiger partial charge is 0.261 e. The Bertz CT molecular complexity index is 884. The molecule has 0 spiro atoms. The predicted molar refractivity (Wildman–Crippen MR) is 106 cm³/mol. The number of carbonyl (C=O) groups is 1. The molecule has 0 radical (unpaired) electrons. The summed E-state index contributed by atoms with van der Waals surface area (Å²) in [4.78, 5) is 13.2. The molecule has 2 heterocycles. The van der Waals surface area contributed by atoms with Gasteiger partial charge in [0.2, 0.25) is 0 Å². The zero-order chi connectivity index (χ0) is 19.6. The minimum atomic E-state index is -0.309. The van der Waals surface area contributed by atoms with Crippen molar-refractivity contribution >= 4 is 34.5 Å². The maximum Gasteiger partial charge on any atom is 0.261 e. The topological polar surface area (TPSA) is 82.4 Å². The van der Waals surface area contributed by atoms with Crippen LogP contribution in [-0.2, 0) is 6.42 Å². The van der Waals surface area contributed by atoms with Crippen molar-refractivity contribution in [1.29, 1.82) is 0 Å². The maximum atomic E-state index is 13.4. The third-order valence-electron chi connectivity index (χ3n) is 4.26. The molecule has 0 aliphatic carbocycles. The van der Waals surface area contributed by atoms with Crippen molar-refractivity contribution < 1.29 is 9.18 Å². The van der Waals surface area contributed by atoms with E-state index in [1.165, 1.54) is 23.5 Å². The number of halogens is 2. The Morgan fingerprint density at radius 2 is 2.22 bits per heavy atom. The van der Waals surface area contributed by atoms with E-state index in [-0.39, 0.29) is 24.3 Å². The molecular formula is C18H21ClFN5OS. The first-order valence-corrected chi connectivity index (χ1v) is 9.59. The van der Waals surface area contributed by atoms with Gasteiger partial charge < -0.3 is 16.5 Å². The standard InChI is InChI=1S/C18H21ClFN5OS/c1-10-16(25(2)24-23-10)14-8-15(27-17(14)19)18(26)22-13(9-21)7-11-4-3-5-12(20)6-11/h3-6,8,13,23-24H,7,9,21H2,1-2H3,(H,22,26)/t13-/m0/s1. The molecule has 0 saturated carbocycles. The van der Waals surface area contributed by atoms with Gasteiger partial charge in [0.05, 0.1) is 16.3 Å². The monoisotopic (exact) mass is 409 g/mol. The van der Waals surface area contributed by atoms with Crippen LogP contribution in [-0.4, -0.2) is 30.6 Å². The first kappa shape index (κ1) is 19.6. The SMILES string of the molecule is CC1=C(c2cc(C(=O)N[C@H](CN)Cc3cccc(F)c3)sc2Cl)N(C)NN1. The summed E-state index contributed by atoms with van der Waals surface area (Å²) in [5.41, 5.74) is 15.1. The zero-order valence-corrected chi connectivity index (χ0v) is 16.5. The van der Waals surface area contributed by atoms with Crippen LogP contribution in [0.5, 0.6) is 0 Å². The van der Waals surface area contributed by atoms with Crippen molar-refractivity contribution in [3.05, 3.63) is 62.2 Å². The number of carbonyl (C=O) groups excluding carboxylic acids is 1. The van der Waals surface area contributed by atoms with Gasteiger partial charge in [0.25, 0.3) is 5.91 Å². The molecule has 9 heteroatoms. The number of hydrazine groups is 2. The fraction of sp³-hybridized carbons (Fsp3) is 0.278. The van der Waals surface area contributed by atoms with E-state index < -0.39 is 0 Å². The Labute approximate surface area is 166 Å². The fourth-order valence-electron chi connectivity index (χ4n) is 2.96. The lowest BCUT2D eigenvalue weighted by molar-refractivity contribution is 0.0942. The molecule has 1 aromatic carbocycles. The lowest BCUT2D eigenvalue weighted by atomic mass is 10.1. The molecule has 27 heavy (non-hydrogen) atoms. The van der Waals surface area contributed by atoms with Gasteiger partial charge in [-0.05, 0) is 37.1 Å². The van der Waals surface area contributed by atoms with Gasteiger partial charge in [-0.1, -0.05) is 23.7 Å². The van der Waals surface area contributed by atoms with Crippen LogP contribution in [0.2, 0.25) is 4.34 Å². The van der Waals surface area contributed by atoms with Crippen LogP contribution in [0.15, 0.2) is 36.0 Å². The normalized spacial score (nSPS) is 15.1. The molecule has 1 amide bonds. The Balaban J connectivity index is 1.74. The van der Waals surface area contributed by atoms with Gasteiger partial charge in [-0.25, -0.2) is 4.39 Å². The predicted octanol–water partition coefficient (Wildman–Crippen LogP) is 2.48. The second-order valence-corrected chi connectivity index (χ2v) is 7.96. The summed E-state index contributed by atoms with van der Waals surface area (Å²) in [6.07, 6.45) is 0.451. The highest BCUT2D eigenvalue weighted by atomic mass is 35.5. The minimum Gasteiger partial charge on any atom is -0.347 e. The molecule has 0 saturated heterocycles. The van der Waals surface area contributed by atoms with E-state index in [1.807, 2.05) is 20.0 Å². The quantitative estimate of drug-likeness (QED) is 0.589. The summed E-state index contributed by atoms with van der Waals surface area (Å²) in [6.45, 7) is 2.16. The summed E-state index contributed by atoms with van der Waals surface area (Å²) in [5, 5.41) is 4.71. The number of nitrogens with zero attached hydrogens (tertiary/aromatic N) is 1. The van der Waals surface area contributed by atoms with Crippen LogP contribution in [0, 0.1) is 5.82 Å². The maximum absolute atomic E-state index is 13.4. The summed E-state index contributed by atoms with van der Waals surface area (Å²) in [7, 11) is 1.86. The molecule has 1 aliphatic heterocycles. The third kappa shape index (κ3) is 4.41. The van der Waals surface area contributed by atoms with E-state index in [9.17, 15) is 9.18 Å². The van der Waals surface area contributed by atoms with E-state index in [0.717, 1.165) is 22.5 Å². The van der Waals surface area contributed by atoms with Crippen molar-refractivity contribution in [2.75, 3.05) is 13.6 Å². The van der Waals surface area contributed by atoms with Gasteiger partial charge in [-0.3, -0.25) is 9.80 Å². The van der Waals surface area contributed by atoms with Gasteiger partial charge in [0.15, 0.2) is 0 Å². The van der Waals surface area contributed by atoms with E-state index in [0.29, 0.717) is 15.6 Å². The zero-order valence-electron chi connectivity index (χ0n) is 15.0. The Morgan fingerprint density at radius 1 is 1.44 bits per heavy atom. The summed E-state index contributed by atoms with van der Waals surface area (Å²) in [5.74, 6) is -0.560. The molecule has 0 bridgehead atoms. The largest absolute Gasteiger partial charge is 0.347 e. The molecule has 144 valence electrons.